The summed E-state index contributed by atoms with van der Waals surface area (Å²) in [6, 6.07) is 0.401. The van der Waals surface area contributed by atoms with Crippen LogP contribution in [0, 0.1) is 0 Å². The van der Waals surface area contributed by atoms with E-state index in [1.54, 1.807) is 0 Å². The Hall–Kier alpha value is -1.16. The zero-order valence-corrected chi connectivity index (χ0v) is 9.94. The highest BCUT2D eigenvalue weighted by Gasteiger charge is 2.23. The second-order valence-corrected chi connectivity index (χ2v) is 4.42. The van der Waals surface area contributed by atoms with Crippen LogP contribution in [0.25, 0.3) is 0 Å². The van der Waals surface area contributed by atoms with Gasteiger partial charge in [0.15, 0.2) is 6.29 Å². The first kappa shape index (κ1) is 11.3. The second-order valence-electron chi connectivity index (χ2n) is 4.06. The molecule has 0 spiro atoms. The fraction of sp³-hybridized carbons (Fsp3) is 0.545. The van der Waals surface area contributed by atoms with Crippen molar-refractivity contribution in [1.82, 2.24) is 9.97 Å². The number of hydrogen-bond acceptors (Lipinski definition) is 4. The summed E-state index contributed by atoms with van der Waals surface area (Å²) < 4.78 is 0. The maximum atomic E-state index is 11.0. The SMILES string of the molecule is CC1CCCCN1c1ncnc(Cl)c1C=O. The van der Waals surface area contributed by atoms with Crippen molar-refractivity contribution < 1.29 is 4.79 Å². The smallest absolute Gasteiger partial charge is 0.156 e. The molecule has 16 heavy (non-hydrogen) atoms. The summed E-state index contributed by atoms with van der Waals surface area (Å²) in [4.78, 5) is 21.2. The number of anilines is 1. The minimum absolute atomic E-state index is 0.234. The molecule has 0 aromatic carbocycles. The van der Waals surface area contributed by atoms with Gasteiger partial charge in [0.05, 0.1) is 5.56 Å². The maximum Gasteiger partial charge on any atom is 0.156 e. The summed E-state index contributed by atoms with van der Waals surface area (Å²) in [6.45, 7) is 3.07. The first-order chi connectivity index (χ1) is 7.74. The van der Waals surface area contributed by atoms with Crippen LogP contribution in [0.5, 0.6) is 0 Å². The third kappa shape index (κ3) is 2.02. The van der Waals surface area contributed by atoms with Gasteiger partial charge in [-0.3, -0.25) is 4.79 Å². The molecule has 0 N–H and O–H groups in total. The van der Waals surface area contributed by atoms with Gasteiger partial charge in [-0.2, -0.15) is 0 Å². The predicted molar refractivity (Wildman–Crippen MR) is 63.1 cm³/mol. The Kier molecular flexibility index (Phi) is 3.39. The van der Waals surface area contributed by atoms with Gasteiger partial charge in [0.1, 0.15) is 17.3 Å². The van der Waals surface area contributed by atoms with Crippen molar-refractivity contribution in [2.24, 2.45) is 0 Å². The highest BCUT2D eigenvalue weighted by molar-refractivity contribution is 6.32. The molecule has 0 bridgehead atoms. The Bertz CT molecular complexity index is 397. The largest absolute Gasteiger partial charge is 0.353 e. The number of carbonyl (C=O) groups is 1. The van der Waals surface area contributed by atoms with E-state index in [4.69, 9.17) is 11.6 Å². The molecular formula is C11H14ClN3O. The van der Waals surface area contributed by atoms with E-state index in [0.717, 1.165) is 25.7 Å². The van der Waals surface area contributed by atoms with Crippen molar-refractivity contribution in [1.29, 1.82) is 0 Å². The Labute approximate surface area is 99.6 Å². The summed E-state index contributed by atoms with van der Waals surface area (Å²) in [6.07, 6.45) is 5.63. The molecule has 0 saturated carbocycles. The molecule has 1 unspecified atom stereocenters. The summed E-state index contributed by atoms with van der Waals surface area (Å²) in [5, 5.41) is 0.234. The van der Waals surface area contributed by atoms with Crippen LogP contribution in [0.1, 0.15) is 36.5 Å². The van der Waals surface area contributed by atoms with Gasteiger partial charge in [-0.05, 0) is 26.2 Å². The Morgan fingerprint density at radius 3 is 3.00 bits per heavy atom. The fourth-order valence-electron chi connectivity index (χ4n) is 2.11. The number of rotatable bonds is 2. The van der Waals surface area contributed by atoms with Crippen LogP contribution >= 0.6 is 11.6 Å². The van der Waals surface area contributed by atoms with Gasteiger partial charge in [0, 0.05) is 12.6 Å². The zero-order chi connectivity index (χ0) is 11.5. The van der Waals surface area contributed by atoms with E-state index in [-0.39, 0.29) is 5.15 Å². The van der Waals surface area contributed by atoms with E-state index in [1.807, 2.05) is 0 Å². The molecule has 0 aliphatic carbocycles. The summed E-state index contributed by atoms with van der Waals surface area (Å²) in [5.74, 6) is 0.669. The van der Waals surface area contributed by atoms with Gasteiger partial charge in [0.2, 0.25) is 0 Å². The van der Waals surface area contributed by atoms with E-state index in [2.05, 4.69) is 21.8 Å². The molecule has 2 rings (SSSR count). The van der Waals surface area contributed by atoms with Crippen LogP contribution < -0.4 is 4.90 Å². The van der Waals surface area contributed by atoms with Crippen LogP contribution in [-0.2, 0) is 0 Å². The average Bonchev–Trinajstić information content (AvgIpc) is 2.29. The number of aldehydes is 1. The molecule has 1 fully saturated rings. The lowest BCUT2D eigenvalue weighted by Gasteiger charge is -2.34. The molecule has 0 radical (unpaired) electrons. The van der Waals surface area contributed by atoms with Crippen LogP contribution in [-0.4, -0.2) is 28.8 Å². The Morgan fingerprint density at radius 1 is 1.50 bits per heavy atom. The molecule has 4 nitrogen and oxygen atoms in total. The van der Waals surface area contributed by atoms with E-state index >= 15 is 0 Å². The molecule has 1 atom stereocenters. The molecule has 86 valence electrons. The minimum Gasteiger partial charge on any atom is -0.353 e. The third-order valence-corrected chi connectivity index (χ3v) is 3.31. The van der Waals surface area contributed by atoms with Crippen LogP contribution in [0.2, 0.25) is 5.15 Å². The highest BCUT2D eigenvalue weighted by atomic mass is 35.5. The van der Waals surface area contributed by atoms with E-state index in [0.29, 0.717) is 17.4 Å². The van der Waals surface area contributed by atoms with Crippen LogP contribution in [0.15, 0.2) is 6.33 Å². The first-order valence-corrected chi connectivity index (χ1v) is 5.84. The third-order valence-electron chi connectivity index (χ3n) is 3.01. The number of nitrogens with zero attached hydrogens (tertiary/aromatic N) is 3. The van der Waals surface area contributed by atoms with Crippen molar-refractivity contribution in [3.63, 3.8) is 0 Å². The van der Waals surface area contributed by atoms with Gasteiger partial charge in [-0.1, -0.05) is 11.6 Å². The lowest BCUT2D eigenvalue weighted by molar-refractivity contribution is 0.112. The van der Waals surface area contributed by atoms with Gasteiger partial charge in [-0.15, -0.1) is 0 Å². The molecule has 5 heteroatoms. The number of aromatic nitrogens is 2. The fourth-order valence-corrected chi connectivity index (χ4v) is 2.28. The molecule has 2 heterocycles. The maximum absolute atomic E-state index is 11.0. The van der Waals surface area contributed by atoms with E-state index in [1.165, 1.54) is 12.7 Å². The Balaban J connectivity index is 2.38. The molecule has 1 aliphatic rings. The molecule has 1 saturated heterocycles. The number of piperidine rings is 1. The first-order valence-electron chi connectivity index (χ1n) is 5.46. The predicted octanol–water partition coefficient (Wildman–Crippen LogP) is 2.32. The summed E-state index contributed by atoms with van der Waals surface area (Å²) >= 11 is 5.89. The van der Waals surface area contributed by atoms with Gasteiger partial charge in [0.25, 0.3) is 0 Å². The van der Waals surface area contributed by atoms with Crippen molar-refractivity contribution in [3.8, 4) is 0 Å². The lowest BCUT2D eigenvalue weighted by atomic mass is 10.0. The number of halogens is 1. The van der Waals surface area contributed by atoms with Crippen molar-refractivity contribution in [2.75, 3.05) is 11.4 Å². The van der Waals surface area contributed by atoms with E-state index < -0.39 is 0 Å². The van der Waals surface area contributed by atoms with E-state index in [9.17, 15) is 4.79 Å². The molecule has 0 amide bonds. The highest BCUT2D eigenvalue weighted by Crippen LogP contribution is 2.27. The molecule has 1 aromatic rings. The van der Waals surface area contributed by atoms with Crippen LogP contribution in [0.4, 0.5) is 5.82 Å². The number of hydrogen-bond donors (Lipinski definition) is 0. The molecule has 1 aromatic heterocycles. The average molecular weight is 240 g/mol. The quantitative estimate of drug-likeness (QED) is 0.587. The van der Waals surface area contributed by atoms with Crippen LogP contribution in [0.3, 0.4) is 0 Å². The van der Waals surface area contributed by atoms with Gasteiger partial charge >= 0.3 is 0 Å². The summed E-state index contributed by atoms with van der Waals surface area (Å²) in [7, 11) is 0. The van der Waals surface area contributed by atoms with Crippen molar-refractivity contribution >= 4 is 23.7 Å². The standard InChI is InChI=1S/C11H14ClN3O/c1-8-4-2-3-5-15(8)11-9(6-16)10(12)13-7-14-11/h6-8H,2-5H2,1H3. The van der Waals surface area contributed by atoms with Gasteiger partial charge < -0.3 is 4.90 Å². The lowest BCUT2D eigenvalue weighted by Crippen LogP contribution is -2.38. The molecule has 1 aliphatic heterocycles. The normalized spacial score (nSPS) is 20.9. The number of carbonyl (C=O) groups excluding carboxylic acids is 1. The summed E-state index contributed by atoms with van der Waals surface area (Å²) in [5.41, 5.74) is 0.401. The topological polar surface area (TPSA) is 46.1 Å². The Morgan fingerprint density at radius 2 is 2.31 bits per heavy atom. The van der Waals surface area contributed by atoms with Gasteiger partial charge in [-0.25, -0.2) is 9.97 Å². The van der Waals surface area contributed by atoms with Crippen molar-refractivity contribution in [3.05, 3.63) is 17.0 Å². The zero-order valence-electron chi connectivity index (χ0n) is 9.19. The minimum atomic E-state index is 0.234. The van der Waals surface area contributed by atoms with Crippen molar-refractivity contribution in [2.45, 2.75) is 32.2 Å². The monoisotopic (exact) mass is 239 g/mol. The molecular weight excluding hydrogens is 226 g/mol. The second kappa shape index (κ2) is 4.78.